The molecule has 0 bridgehead atoms. The summed E-state index contributed by atoms with van der Waals surface area (Å²) in [5.74, 6) is -0.768. The molecular formula is C25H35O5P. The quantitative estimate of drug-likeness (QED) is 0.426. The molecule has 0 amide bonds. The minimum absolute atomic E-state index is 0.212. The SMILES string of the molecule is CC.CCOP(=O)(OCC)[C@@H]1CCC2(C1)O[C@@H](c1ccccc1)[C@H](c1ccccc1)O2. The van der Waals surface area contributed by atoms with Gasteiger partial charge in [0.1, 0.15) is 12.2 Å². The van der Waals surface area contributed by atoms with Gasteiger partial charge < -0.3 is 18.5 Å². The zero-order valence-corrected chi connectivity index (χ0v) is 19.9. The van der Waals surface area contributed by atoms with Crippen LogP contribution in [0.3, 0.4) is 0 Å². The van der Waals surface area contributed by atoms with Crippen LogP contribution >= 0.6 is 7.60 Å². The Morgan fingerprint density at radius 1 is 0.871 bits per heavy atom. The van der Waals surface area contributed by atoms with Gasteiger partial charge in [0.05, 0.1) is 18.9 Å². The van der Waals surface area contributed by atoms with Crippen LogP contribution in [0.2, 0.25) is 0 Å². The lowest BCUT2D eigenvalue weighted by atomic mass is 9.99. The Kier molecular flexibility index (Phi) is 8.49. The molecule has 2 fully saturated rings. The van der Waals surface area contributed by atoms with Crippen molar-refractivity contribution in [2.75, 3.05) is 13.2 Å². The average molecular weight is 447 g/mol. The molecule has 170 valence electrons. The van der Waals surface area contributed by atoms with Gasteiger partial charge in [-0.05, 0) is 31.4 Å². The second-order valence-corrected chi connectivity index (χ2v) is 9.91. The van der Waals surface area contributed by atoms with E-state index in [-0.39, 0.29) is 17.9 Å². The van der Waals surface area contributed by atoms with Gasteiger partial charge in [-0.3, -0.25) is 4.57 Å². The zero-order chi connectivity index (χ0) is 22.3. The van der Waals surface area contributed by atoms with Crippen molar-refractivity contribution >= 4 is 7.60 Å². The maximum atomic E-state index is 13.3. The minimum atomic E-state index is -3.19. The fraction of sp³-hybridized carbons (Fsp3) is 0.520. The standard InChI is InChI=1S/C23H29O5P.C2H6/c1-3-25-29(24,26-4-2)20-15-16-23(17-20)27-21(18-11-7-5-8-12-18)22(28-23)19-13-9-6-10-14-19;1-2/h5-14,20-22H,3-4,15-17H2,1-2H3;1-2H3/t20-,21+,22+;/m1./s1. The summed E-state index contributed by atoms with van der Waals surface area (Å²) in [6.45, 7) is 8.41. The Labute approximate surface area is 186 Å². The molecule has 1 saturated heterocycles. The maximum absolute atomic E-state index is 13.3. The number of hydrogen-bond donors (Lipinski definition) is 0. The summed E-state index contributed by atoms with van der Waals surface area (Å²) < 4.78 is 37.7. The van der Waals surface area contributed by atoms with Crippen molar-refractivity contribution in [2.45, 2.75) is 70.6 Å². The van der Waals surface area contributed by atoms with E-state index >= 15 is 0 Å². The first-order valence-corrected chi connectivity index (χ1v) is 13.0. The average Bonchev–Trinajstić information content (AvgIpc) is 3.41. The second kappa shape index (κ2) is 10.9. The molecule has 2 aliphatic rings. The van der Waals surface area contributed by atoms with Crippen LogP contribution in [-0.2, 0) is 23.1 Å². The third-order valence-corrected chi connectivity index (χ3v) is 8.26. The number of rotatable bonds is 7. The van der Waals surface area contributed by atoms with Gasteiger partial charge in [0.2, 0.25) is 0 Å². The van der Waals surface area contributed by atoms with Gasteiger partial charge in [-0.2, -0.15) is 0 Å². The van der Waals surface area contributed by atoms with Crippen LogP contribution in [0.1, 0.15) is 70.3 Å². The van der Waals surface area contributed by atoms with E-state index in [0.29, 0.717) is 32.5 Å². The van der Waals surface area contributed by atoms with Crippen LogP contribution in [0.5, 0.6) is 0 Å². The first kappa shape index (κ1) is 24.2. The molecule has 6 heteroatoms. The molecule has 1 saturated carbocycles. The largest absolute Gasteiger partial charge is 0.339 e. The molecule has 1 heterocycles. The van der Waals surface area contributed by atoms with Crippen LogP contribution in [0.4, 0.5) is 0 Å². The Hall–Kier alpha value is -1.49. The van der Waals surface area contributed by atoms with E-state index in [4.69, 9.17) is 18.5 Å². The normalized spacial score (nSPS) is 24.7. The Morgan fingerprint density at radius 2 is 1.32 bits per heavy atom. The highest BCUT2D eigenvalue weighted by Crippen LogP contribution is 2.63. The fourth-order valence-electron chi connectivity index (χ4n) is 4.43. The van der Waals surface area contributed by atoms with E-state index in [9.17, 15) is 4.57 Å². The van der Waals surface area contributed by atoms with Crippen LogP contribution in [0.15, 0.2) is 60.7 Å². The van der Waals surface area contributed by atoms with Gasteiger partial charge in [-0.15, -0.1) is 0 Å². The Balaban J connectivity index is 0.00000132. The van der Waals surface area contributed by atoms with Crippen molar-refractivity contribution < 1.29 is 23.1 Å². The number of ether oxygens (including phenoxy) is 2. The molecule has 0 N–H and O–H groups in total. The summed E-state index contributed by atoms with van der Waals surface area (Å²) in [4.78, 5) is 0. The monoisotopic (exact) mass is 446 g/mol. The first-order valence-electron chi connectivity index (χ1n) is 11.4. The highest BCUT2D eigenvalue weighted by atomic mass is 31.2. The zero-order valence-electron chi connectivity index (χ0n) is 19.0. The lowest BCUT2D eigenvalue weighted by Crippen LogP contribution is -2.27. The summed E-state index contributed by atoms with van der Waals surface area (Å²) in [7, 11) is -3.19. The van der Waals surface area contributed by atoms with Crippen LogP contribution in [0, 0.1) is 0 Å². The van der Waals surface area contributed by atoms with Gasteiger partial charge in [0.25, 0.3) is 0 Å². The fourth-order valence-corrected chi connectivity index (χ4v) is 6.59. The molecule has 5 nitrogen and oxygen atoms in total. The van der Waals surface area contributed by atoms with E-state index in [0.717, 1.165) is 11.1 Å². The predicted octanol–water partition coefficient (Wildman–Crippen LogP) is 7.06. The highest BCUT2D eigenvalue weighted by Gasteiger charge is 2.56. The van der Waals surface area contributed by atoms with E-state index in [1.165, 1.54) is 0 Å². The van der Waals surface area contributed by atoms with Crippen molar-refractivity contribution in [2.24, 2.45) is 0 Å². The van der Waals surface area contributed by atoms with Crippen molar-refractivity contribution in [1.82, 2.24) is 0 Å². The summed E-state index contributed by atoms with van der Waals surface area (Å²) in [5.41, 5.74) is 1.95. The Bertz CT molecular complexity index is 784. The van der Waals surface area contributed by atoms with Crippen molar-refractivity contribution in [3.63, 3.8) is 0 Å². The lowest BCUT2D eigenvalue weighted by molar-refractivity contribution is -0.170. The van der Waals surface area contributed by atoms with Gasteiger partial charge in [0.15, 0.2) is 5.79 Å². The molecule has 3 atom stereocenters. The molecule has 31 heavy (non-hydrogen) atoms. The molecular weight excluding hydrogens is 411 g/mol. The molecule has 0 radical (unpaired) electrons. The van der Waals surface area contributed by atoms with E-state index in [1.54, 1.807) is 0 Å². The van der Waals surface area contributed by atoms with Crippen molar-refractivity contribution in [1.29, 1.82) is 0 Å². The minimum Gasteiger partial charge on any atom is -0.339 e. The molecule has 1 aliphatic heterocycles. The van der Waals surface area contributed by atoms with Gasteiger partial charge in [-0.25, -0.2) is 0 Å². The summed E-state index contributed by atoms with van der Waals surface area (Å²) in [6.07, 6.45) is 1.46. The molecule has 1 spiro atoms. The molecule has 2 aromatic rings. The molecule has 1 aliphatic carbocycles. The van der Waals surface area contributed by atoms with E-state index in [2.05, 4.69) is 24.3 Å². The number of hydrogen-bond acceptors (Lipinski definition) is 5. The topological polar surface area (TPSA) is 54.0 Å². The van der Waals surface area contributed by atoms with Crippen LogP contribution < -0.4 is 0 Å². The van der Waals surface area contributed by atoms with Crippen LogP contribution in [-0.4, -0.2) is 24.7 Å². The third kappa shape index (κ3) is 5.30. The third-order valence-electron chi connectivity index (χ3n) is 5.69. The predicted molar refractivity (Wildman–Crippen MR) is 123 cm³/mol. The van der Waals surface area contributed by atoms with Crippen molar-refractivity contribution in [3.8, 4) is 0 Å². The van der Waals surface area contributed by atoms with Gasteiger partial charge in [0, 0.05) is 12.8 Å². The molecule has 0 unspecified atom stereocenters. The molecule has 4 rings (SSSR count). The summed E-state index contributed by atoms with van der Waals surface area (Å²) >= 11 is 0. The van der Waals surface area contributed by atoms with E-state index < -0.39 is 13.4 Å². The maximum Gasteiger partial charge on any atom is 0.333 e. The molecule has 0 aromatic heterocycles. The Morgan fingerprint density at radius 3 is 1.74 bits per heavy atom. The number of benzene rings is 2. The molecule has 2 aromatic carbocycles. The first-order chi connectivity index (χ1) is 15.1. The summed E-state index contributed by atoms with van der Waals surface area (Å²) in [6, 6.07) is 20.3. The van der Waals surface area contributed by atoms with Crippen molar-refractivity contribution in [3.05, 3.63) is 71.8 Å². The smallest absolute Gasteiger partial charge is 0.333 e. The van der Waals surface area contributed by atoms with Gasteiger partial charge >= 0.3 is 7.60 Å². The van der Waals surface area contributed by atoms with Crippen LogP contribution in [0.25, 0.3) is 0 Å². The van der Waals surface area contributed by atoms with E-state index in [1.807, 2.05) is 64.1 Å². The highest BCUT2D eigenvalue weighted by molar-refractivity contribution is 7.54. The summed E-state index contributed by atoms with van der Waals surface area (Å²) in [5, 5.41) is 0. The van der Waals surface area contributed by atoms with Gasteiger partial charge in [-0.1, -0.05) is 74.5 Å². The second-order valence-electron chi connectivity index (χ2n) is 7.58. The lowest BCUT2D eigenvalue weighted by Gasteiger charge is -2.26.